The van der Waals surface area contributed by atoms with Crippen molar-refractivity contribution in [2.75, 3.05) is 5.32 Å². The maximum absolute atomic E-state index is 6.54. The molecule has 1 N–H and O–H groups in total. The number of hydrogen-bond acceptors (Lipinski definition) is 2. The molecule has 0 spiro atoms. The first-order chi connectivity index (χ1) is 27.2. The van der Waals surface area contributed by atoms with Crippen LogP contribution in [0, 0.1) is 0 Å². The van der Waals surface area contributed by atoms with E-state index in [1.54, 1.807) is 0 Å². The summed E-state index contributed by atoms with van der Waals surface area (Å²) in [5.41, 5.74) is 19.0. The summed E-state index contributed by atoms with van der Waals surface area (Å²) in [6.07, 6.45) is 15.9. The number of benzene rings is 6. The molecule has 2 nitrogen and oxygen atoms in total. The third-order valence-corrected chi connectivity index (χ3v) is 12.1. The molecule has 56 heavy (non-hydrogen) atoms. The Morgan fingerprint density at radius 3 is 2.20 bits per heavy atom. The largest absolute Gasteiger partial charge is 0.455 e. The summed E-state index contributed by atoms with van der Waals surface area (Å²) in [4.78, 5) is 0. The van der Waals surface area contributed by atoms with Crippen molar-refractivity contribution in [3.8, 4) is 22.3 Å². The summed E-state index contributed by atoms with van der Waals surface area (Å²) in [5.74, 6) is 0. The Balaban J connectivity index is 1.05. The summed E-state index contributed by atoms with van der Waals surface area (Å²) in [6.45, 7) is 15.5. The van der Waals surface area contributed by atoms with E-state index in [0.29, 0.717) is 0 Å². The zero-order chi connectivity index (χ0) is 38.6. The highest BCUT2D eigenvalue weighted by Gasteiger charge is 2.38. The Hall–Kier alpha value is -6.38. The first kappa shape index (κ1) is 35.3. The van der Waals surface area contributed by atoms with Crippen molar-refractivity contribution in [3.05, 3.63) is 203 Å². The maximum Gasteiger partial charge on any atom is 0.143 e. The van der Waals surface area contributed by atoms with Crippen molar-refractivity contribution >= 4 is 44.8 Å². The molecule has 7 aromatic rings. The topological polar surface area (TPSA) is 25.2 Å². The van der Waals surface area contributed by atoms with Crippen molar-refractivity contribution in [1.29, 1.82) is 0 Å². The Kier molecular flexibility index (Phi) is 8.66. The van der Waals surface area contributed by atoms with Gasteiger partial charge in [-0.25, -0.2) is 0 Å². The third-order valence-electron chi connectivity index (χ3n) is 12.1. The summed E-state index contributed by atoms with van der Waals surface area (Å²) < 4.78 is 6.54. The second-order valence-electron chi connectivity index (χ2n) is 16.1. The van der Waals surface area contributed by atoms with Crippen LogP contribution in [0.1, 0.15) is 80.0 Å². The lowest BCUT2D eigenvalue weighted by atomic mass is 9.81. The molecule has 0 saturated heterocycles. The monoisotopic (exact) mass is 725 g/mol. The van der Waals surface area contributed by atoms with Gasteiger partial charge in [-0.15, -0.1) is 0 Å². The number of para-hydroxylation sites is 1. The van der Waals surface area contributed by atoms with Crippen LogP contribution in [-0.4, -0.2) is 0 Å². The SMILES string of the molecule is C=C/C(=C\CC)c1ccc(\C=C/C(=C\C=C\Nc2ccc3c(c2)-c2c(ccc4c2oc2ccccc24)C3(C)C)c2ccc3c(c2)C(C)(C)c2ccccc2-3)cc1. The van der Waals surface area contributed by atoms with Crippen LogP contribution in [0.15, 0.2) is 169 Å². The zero-order valence-corrected chi connectivity index (χ0v) is 32.9. The number of nitrogens with one attached hydrogen (secondary N) is 1. The van der Waals surface area contributed by atoms with Gasteiger partial charge in [-0.05, 0) is 104 Å². The molecular formula is C54H47NO. The van der Waals surface area contributed by atoms with Crippen molar-refractivity contribution in [3.63, 3.8) is 0 Å². The molecule has 1 heterocycles. The number of furan rings is 1. The second-order valence-corrected chi connectivity index (χ2v) is 16.1. The van der Waals surface area contributed by atoms with E-state index in [-0.39, 0.29) is 10.8 Å². The summed E-state index contributed by atoms with van der Waals surface area (Å²) in [5, 5.41) is 5.91. The Morgan fingerprint density at radius 2 is 1.38 bits per heavy atom. The van der Waals surface area contributed by atoms with Gasteiger partial charge < -0.3 is 9.73 Å². The first-order valence-electron chi connectivity index (χ1n) is 19.8. The van der Waals surface area contributed by atoms with Gasteiger partial charge in [-0.1, -0.05) is 169 Å². The van der Waals surface area contributed by atoms with Crippen LogP contribution in [0.25, 0.3) is 61.4 Å². The fourth-order valence-electron chi connectivity index (χ4n) is 9.05. The van der Waals surface area contributed by atoms with Gasteiger partial charge in [0.15, 0.2) is 0 Å². The fraction of sp³-hybridized carbons (Fsp3) is 0.148. The lowest BCUT2D eigenvalue weighted by molar-refractivity contribution is 0.653. The molecule has 0 atom stereocenters. The van der Waals surface area contributed by atoms with Crippen LogP contribution in [0.5, 0.6) is 0 Å². The molecule has 0 bridgehead atoms. The number of hydrogen-bond donors (Lipinski definition) is 1. The van der Waals surface area contributed by atoms with Gasteiger partial charge in [0.05, 0.1) is 0 Å². The van der Waals surface area contributed by atoms with Gasteiger partial charge in [0.1, 0.15) is 11.2 Å². The van der Waals surface area contributed by atoms with Gasteiger partial charge >= 0.3 is 0 Å². The highest BCUT2D eigenvalue weighted by Crippen LogP contribution is 2.53. The molecule has 0 unspecified atom stereocenters. The van der Waals surface area contributed by atoms with E-state index >= 15 is 0 Å². The molecule has 0 amide bonds. The average molecular weight is 726 g/mol. The lowest BCUT2D eigenvalue weighted by Gasteiger charge is -2.22. The quantitative estimate of drug-likeness (QED) is 0.150. The van der Waals surface area contributed by atoms with Crippen molar-refractivity contribution in [2.24, 2.45) is 0 Å². The zero-order valence-electron chi connectivity index (χ0n) is 32.9. The van der Waals surface area contributed by atoms with E-state index in [0.717, 1.165) is 45.2 Å². The van der Waals surface area contributed by atoms with Gasteiger partial charge in [-0.2, -0.15) is 0 Å². The average Bonchev–Trinajstić information content (AvgIpc) is 3.79. The summed E-state index contributed by atoms with van der Waals surface area (Å²) >= 11 is 0. The van der Waals surface area contributed by atoms with Crippen LogP contribution < -0.4 is 5.32 Å². The van der Waals surface area contributed by atoms with Crippen molar-refractivity contribution in [1.82, 2.24) is 0 Å². The van der Waals surface area contributed by atoms with Gasteiger partial charge in [0, 0.05) is 39.1 Å². The Labute approximate surface area is 330 Å². The molecule has 1 aromatic heterocycles. The van der Waals surface area contributed by atoms with E-state index in [9.17, 15) is 0 Å². The maximum atomic E-state index is 6.54. The number of allylic oxidation sites excluding steroid dienone is 7. The van der Waals surface area contributed by atoms with Crippen LogP contribution in [0.4, 0.5) is 5.69 Å². The number of rotatable bonds is 9. The molecule has 274 valence electrons. The van der Waals surface area contributed by atoms with Gasteiger partial charge in [-0.3, -0.25) is 0 Å². The highest BCUT2D eigenvalue weighted by atomic mass is 16.3. The van der Waals surface area contributed by atoms with Gasteiger partial charge in [0.2, 0.25) is 0 Å². The molecular weight excluding hydrogens is 679 g/mol. The molecule has 0 saturated carbocycles. The van der Waals surface area contributed by atoms with E-state index in [4.69, 9.17) is 4.42 Å². The number of anilines is 1. The van der Waals surface area contributed by atoms with Crippen LogP contribution in [0.2, 0.25) is 0 Å². The first-order valence-corrected chi connectivity index (χ1v) is 19.8. The lowest BCUT2D eigenvalue weighted by Crippen LogP contribution is -2.15. The molecule has 0 fully saturated rings. The summed E-state index contributed by atoms with van der Waals surface area (Å²) in [6, 6.07) is 44.1. The normalized spacial score (nSPS) is 15.4. The molecule has 2 heteroatoms. The van der Waals surface area contributed by atoms with Crippen molar-refractivity contribution < 1.29 is 4.42 Å². The minimum absolute atomic E-state index is 0.0758. The van der Waals surface area contributed by atoms with E-state index in [1.807, 2.05) is 18.3 Å². The highest BCUT2D eigenvalue weighted by molar-refractivity contribution is 6.12. The predicted octanol–water partition coefficient (Wildman–Crippen LogP) is 14.9. The number of fused-ring (bicyclic) bond motifs is 10. The van der Waals surface area contributed by atoms with Crippen LogP contribution >= 0.6 is 0 Å². The standard InChI is InChI=1S/C54H47NO/c1-7-14-36(8-2)38-24-21-35(22-25-38)20-23-37(39-26-28-42-41-16-9-11-18-46(41)54(5,6)49(42)33-39)15-13-32-55-40-27-30-47-45(34-40)51-48(53(47,3)4)31-29-44-43-17-10-12-19-50(43)56-52(44)51/h8-34,55H,2,7H2,1,3-6H3/b23-20-,32-13+,36-14+,37-15+. The van der Waals surface area contributed by atoms with Crippen LogP contribution in [-0.2, 0) is 10.8 Å². The van der Waals surface area contributed by atoms with E-state index in [1.165, 1.54) is 61.2 Å². The van der Waals surface area contributed by atoms with E-state index < -0.39 is 0 Å². The predicted molar refractivity (Wildman–Crippen MR) is 240 cm³/mol. The minimum Gasteiger partial charge on any atom is -0.455 e. The molecule has 2 aliphatic carbocycles. The molecule has 9 rings (SSSR count). The van der Waals surface area contributed by atoms with E-state index in [2.05, 4.69) is 192 Å². The smallest absolute Gasteiger partial charge is 0.143 e. The second kappa shape index (κ2) is 13.7. The molecule has 2 aliphatic rings. The van der Waals surface area contributed by atoms with Crippen LogP contribution in [0.3, 0.4) is 0 Å². The van der Waals surface area contributed by atoms with Crippen molar-refractivity contribution in [2.45, 2.75) is 51.9 Å². The molecule has 0 aliphatic heterocycles. The summed E-state index contributed by atoms with van der Waals surface area (Å²) in [7, 11) is 0. The van der Waals surface area contributed by atoms with Gasteiger partial charge in [0.25, 0.3) is 0 Å². The Morgan fingerprint density at radius 1 is 0.661 bits per heavy atom. The third kappa shape index (κ3) is 5.80. The minimum atomic E-state index is -0.123. The Bertz CT molecular complexity index is 2810. The fourth-order valence-corrected chi connectivity index (χ4v) is 9.05. The molecule has 0 radical (unpaired) electrons. The molecule has 6 aromatic carbocycles.